The van der Waals surface area contributed by atoms with Gasteiger partial charge < -0.3 is 15.9 Å². The predicted molar refractivity (Wildman–Crippen MR) is 58.7 cm³/mol. The van der Waals surface area contributed by atoms with E-state index in [1.165, 1.54) is 6.07 Å². The highest BCUT2D eigenvalue weighted by atomic mass is 35.5. The number of nitrogens with zero attached hydrogens (tertiary/aromatic N) is 1. The van der Waals surface area contributed by atoms with Crippen molar-refractivity contribution in [2.75, 3.05) is 6.61 Å². The number of nitriles is 1. The molecule has 4 nitrogen and oxygen atoms in total. The zero-order valence-electron chi connectivity index (χ0n) is 8.35. The normalized spacial score (nSPS) is 11.4. The summed E-state index contributed by atoms with van der Waals surface area (Å²) in [5.41, 5.74) is 5.48. The first kappa shape index (κ1) is 14.6. The van der Waals surface area contributed by atoms with Gasteiger partial charge in [-0.05, 0) is 12.5 Å². The molecule has 0 aromatic heterocycles. The van der Waals surface area contributed by atoms with Gasteiger partial charge in [-0.2, -0.15) is 5.26 Å². The maximum atomic E-state index is 13.0. The number of aromatic hydroxyl groups is 1. The van der Waals surface area contributed by atoms with Gasteiger partial charge in [-0.1, -0.05) is 6.07 Å². The Bertz CT molecular complexity index is 407. The Morgan fingerprint density at radius 2 is 2.12 bits per heavy atom. The molecule has 4 N–H and O–H groups in total. The standard InChI is InChI=1S/C10H11FN2O2.ClH/c11-8-2-1-6(9(13)3-4-14)10(15)7(8)5-12;/h1-2,9,14-15H,3-4,13H2;1H/t9-;/m1./s1. The number of halogens is 2. The predicted octanol–water partition coefficient (Wildman–Crippen LogP) is 1.21. The number of rotatable bonds is 3. The number of hydrogen-bond acceptors (Lipinski definition) is 4. The SMILES string of the molecule is Cl.N#Cc1c(F)ccc([C@H](N)CCO)c1O. The van der Waals surface area contributed by atoms with Crippen LogP contribution in [0, 0.1) is 17.1 Å². The second-order valence-electron chi connectivity index (χ2n) is 3.09. The highest BCUT2D eigenvalue weighted by Gasteiger charge is 2.16. The summed E-state index contributed by atoms with van der Waals surface area (Å²) < 4.78 is 13.0. The van der Waals surface area contributed by atoms with E-state index < -0.39 is 23.2 Å². The van der Waals surface area contributed by atoms with Crippen LogP contribution in [0.5, 0.6) is 5.75 Å². The minimum Gasteiger partial charge on any atom is -0.506 e. The van der Waals surface area contributed by atoms with Gasteiger partial charge in [0.05, 0.1) is 0 Å². The van der Waals surface area contributed by atoms with Crippen LogP contribution in [0.15, 0.2) is 12.1 Å². The Morgan fingerprint density at radius 1 is 1.50 bits per heavy atom. The van der Waals surface area contributed by atoms with Gasteiger partial charge in [0.1, 0.15) is 23.2 Å². The topological polar surface area (TPSA) is 90.3 Å². The maximum absolute atomic E-state index is 13.0. The van der Waals surface area contributed by atoms with Gasteiger partial charge in [0.25, 0.3) is 0 Å². The highest BCUT2D eigenvalue weighted by molar-refractivity contribution is 5.85. The van der Waals surface area contributed by atoms with Crippen LogP contribution < -0.4 is 5.73 Å². The maximum Gasteiger partial charge on any atom is 0.144 e. The van der Waals surface area contributed by atoms with E-state index in [-0.39, 0.29) is 31.0 Å². The lowest BCUT2D eigenvalue weighted by atomic mass is 10.0. The molecule has 1 atom stereocenters. The molecule has 0 aliphatic carbocycles. The average molecular weight is 247 g/mol. The van der Waals surface area contributed by atoms with Crippen molar-refractivity contribution < 1.29 is 14.6 Å². The molecule has 0 saturated heterocycles. The third-order valence-corrected chi connectivity index (χ3v) is 2.11. The number of hydrogen-bond donors (Lipinski definition) is 3. The van der Waals surface area contributed by atoms with Crippen molar-refractivity contribution in [3.8, 4) is 11.8 Å². The van der Waals surface area contributed by atoms with E-state index in [0.29, 0.717) is 0 Å². The van der Waals surface area contributed by atoms with Crippen LogP contribution in [0.4, 0.5) is 4.39 Å². The fourth-order valence-corrected chi connectivity index (χ4v) is 1.28. The van der Waals surface area contributed by atoms with Crippen molar-refractivity contribution >= 4 is 12.4 Å². The first-order valence-corrected chi connectivity index (χ1v) is 4.39. The highest BCUT2D eigenvalue weighted by Crippen LogP contribution is 2.29. The summed E-state index contributed by atoms with van der Waals surface area (Å²) in [6.45, 7) is -0.139. The van der Waals surface area contributed by atoms with Gasteiger partial charge in [0.15, 0.2) is 0 Å². The molecule has 1 aromatic rings. The van der Waals surface area contributed by atoms with Gasteiger partial charge in [-0.25, -0.2) is 4.39 Å². The first-order chi connectivity index (χ1) is 7.11. The number of phenolic OH excluding ortho intramolecular Hbond substituents is 1. The van der Waals surface area contributed by atoms with E-state index in [1.54, 1.807) is 6.07 Å². The van der Waals surface area contributed by atoms with Crippen LogP contribution in [0.25, 0.3) is 0 Å². The molecule has 0 amide bonds. The van der Waals surface area contributed by atoms with Crippen molar-refractivity contribution in [1.82, 2.24) is 0 Å². The summed E-state index contributed by atoms with van der Waals surface area (Å²) in [6.07, 6.45) is 0.240. The zero-order chi connectivity index (χ0) is 11.4. The fraction of sp³-hybridized carbons (Fsp3) is 0.300. The van der Waals surface area contributed by atoms with E-state index in [2.05, 4.69) is 0 Å². The molecule has 6 heteroatoms. The van der Waals surface area contributed by atoms with Gasteiger partial charge in [0.2, 0.25) is 0 Å². The van der Waals surface area contributed by atoms with E-state index in [9.17, 15) is 9.50 Å². The van der Waals surface area contributed by atoms with Crippen molar-refractivity contribution in [2.45, 2.75) is 12.5 Å². The van der Waals surface area contributed by atoms with Gasteiger partial charge in [-0.15, -0.1) is 12.4 Å². The Morgan fingerprint density at radius 3 is 2.62 bits per heavy atom. The third-order valence-electron chi connectivity index (χ3n) is 2.11. The van der Waals surface area contributed by atoms with Crippen LogP contribution in [-0.2, 0) is 0 Å². The zero-order valence-corrected chi connectivity index (χ0v) is 9.17. The quantitative estimate of drug-likeness (QED) is 0.748. The summed E-state index contributed by atoms with van der Waals surface area (Å²) in [6, 6.07) is 3.33. The van der Waals surface area contributed by atoms with E-state index in [4.69, 9.17) is 16.1 Å². The van der Waals surface area contributed by atoms with Crippen molar-refractivity contribution in [1.29, 1.82) is 5.26 Å². The Balaban J connectivity index is 0.00000225. The van der Waals surface area contributed by atoms with Crippen molar-refractivity contribution in [3.05, 3.63) is 29.1 Å². The van der Waals surface area contributed by atoms with Gasteiger partial charge in [0, 0.05) is 18.2 Å². The monoisotopic (exact) mass is 246 g/mol. The lowest BCUT2D eigenvalue weighted by molar-refractivity contribution is 0.275. The lowest BCUT2D eigenvalue weighted by Crippen LogP contribution is -2.12. The average Bonchev–Trinajstić information content (AvgIpc) is 2.18. The summed E-state index contributed by atoms with van der Waals surface area (Å²) in [5.74, 6) is -1.23. The summed E-state index contributed by atoms with van der Waals surface area (Å²) >= 11 is 0. The molecule has 88 valence electrons. The minimum atomic E-state index is -0.782. The number of benzene rings is 1. The third kappa shape index (κ3) is 2.83. The molecule has 1 aromatic carbocycles. The number of aliphatic hydroxyl groups is 1. The largest absolute Gasteiger partial charge is 0.506 e. The molecule has 0 aliphatic heterocycles. The summed E-state index contributed by atoms with van der Waals surface area (Å²) in [4.78, 5) is 0. The molecule has 0 saturated carbocycles. The lowest BCUT2D eigenvalue weighted by Gasteiger charge is -2.13. The molecule has 16 heavy (non-hydrogen) atoms. The molecular formula is C10H12ClFN2O2. The molecule has 0 unspecified atom stereocenters. The second kappa shape index (κ2) is 6.28. The minimum absolute atomic E-state index is 0. The molecule has 0 aliphatic rings. The number of phenols is 1. The van der Waals surface area contributed by atoms with Crippen LogP contribution in [0.1, 0.15) is 23.6 Å². The second-order valence-corrected chi connectivity index (χ2v) is 3.09. The smallest absolute Gasteiger partial charge is 0.144 e. The Kier molecular flexibility index (Phi) is 5.75. The molecule has 0 heterocycles. The van der Waals surface area contributed by atoms with Crippen LogP contribution in [0.2, 0.25) is 0 Å². The first-order valence-electron chi connectivity index (χ1n) is 4.39. The Hall–Kier alpha value is -1.35. The van der Waals surface area contributed by atoms with Gasteiger partial charge in [-0.3, -0.25) is 0 Å². The number of nitrogens with two attached hydrogens (primary N) is 1. The summed E-state index contributed by atoms with van der Waals surface area (Å²) in [5, 5.41) is 26.8. The van der Waals surface area contributed by atoms with Crippen LogP contribution >= 0.6 is 12.4 Å². The molecule has 0 bridgehead atoms. The Labute approximate surface area is 98.5 Å². The molecule has 0 radical (unpaired) electrons. The van der Waals surface area contributed by atoms with E-state index >= 15 is 0 Å². The summed E-state index contributed by atoms with van der Waals surface area (Å²) in [7, 11) is 0. The van der Waals surface area contributed by atoms with Crippen LogP contribution in [-0.4, -0.2) is 16.8 Å². The van der Waals surface area contributed by atoms with Gasteiger partial charge >= 0.3 is 0 Å². The molecule has 0 spiro atoms. The van der Waals surface area contributed by atoms with Crippen LogP contribution in [0.3, 0.4) is 0 Å². The molecule has 0 fully saturated rings. The molecule has 1 rings (SSSR count). The molecular weight excluding hydrogens is 235 g/mol. The van der Waals surface area contributed by atoms with E-state index in [0.717, 1.165) is 6.07 Å². The number of aliphatic hydroxyl groups excluding tert-OH is 1. The van der Waals surface area contributed by atoms with Crippen molar-refractivity contribution in [3.63, 3.8) is 0 Å². The van der Waals surface area contributed by atoms with Crippen molar-refractivity contribution in [2.24, 2.45) is 5.73 Å². The fourth-order valence-electron chi connectivity index (χ4n) is 1.28. The van der Waals surface area contributed by atoms with E-state index in [1.807, 2.05) is 0 Å².